The molecule has 2 N–H and O–H groups in total. The van der Waals surface area contributed by atoms with Crippen molar-refractivity contribution in [3.05, 3.63) is 54.2 Å². The molecular weight excluding hydrogens is 388 g/mol. The van der Waals surface area contributed by atoms with Crippen LogP contribution in [0, 0.1) is 0 Å². The molecule has 5 rings (SSSR count). The molecule has 0 atom stereocenters. The molecule has 3 aromatic heterocycles. The van der Waals surface area contributed by atoms with Crippen LogP contribution in [0.25, 0.3) is 22.2 Å². The lowest BCUT2D eigenvalue weighted by atomic mass is 10.3. The molecule has 162 valence electrons. The van der Waals surface area contributed by atoms with E-state index in [4.69, 9.17) is 9.97 Å². The summed E-state index contributed by atoms with van der Waals surface area (Å²) >= 11 is 0. The molecule has 1 aromatic carbocycles. The zero-order chi connectivity index (χ0) is 21.0. The predicted molar refractivity (Wildman–Crippen MR) is 123 cm³/mol. The number of aromatic amines is 1. The first-order valence-corrected chi connectivity index (χ1v) is 11.1. The zero-order valence-corrected chi connectivity index (χ0v) is 18.1. The van der Waals surface area contributed by atoms with Gasteiger partial charge in [-0.05, 0) is 50.8 Å². The van der Waals surface area contributed by atoms with Gasteiger partial charge < -0.3 is 24.7 Å². The Balaban J connectivity index is 1.24. The smallest absolute Gasteiger partial charge is 0.160 e. The van der Waals surface area contributed by atoms with Crippen LogP contribution in [0.5, 0.6) is 0 Å². The summed E-state index contributed by atoms with van der Waals surface area (Å²) < 4.78 is 2.17. The van der Waals surface area contributed by atoms with Gasteiger partial charge in [0.2, 0.25) is 0 Å². The number of benzene rings is 1. The van der Waals surface area contributed by atoms with Crippen molar-refractivity contribution >= 4 is 22.2 Å². The van der Waals surface area contributed by atoms with Crippen LogP contribution < -0.4 is 5.32 Å². The van der Waals surface area contributed by atoms with Crippen molar-refractivity contribution in [3.63, 3.8) is 0 Å². The molecule has 1 aliphatic heterocycles. The summed E-state index contributed by atoms with van der Waals surface area (Å²) in [6, 6.07) is 12.1. The first-order chi connectivity index (χ1) is 15.3. The second kappa shape index (κ2) is 9.13. The summed E-state index contributed by atoms with van der Waals surface area (Å²) in [6.45, 7) is 8.18. The molecule has 0 aliphatic carbocycles. The fraction of sp³-hybridized carbons (Fsp3) is 0.435. The zero-order valence-electron chi connectivity index (χ0n) is 18.1. The van der Waals surface area contributed by atoms with Crippen molar-refractivity contribution in [2.45, 2.75) is 19.5 Å². The van der Waals surface area contributed by atoms with Gasteiger partial charge in [-0.2, -0.15) is 0 Å². The number of rotatable bonds is 8. The second-order valence-electron chi connectivity index (χ2n) is 8.34. The third kappa shape index (κ3) is 4.61. The van der Waals surface area contributed by atoms with Crippen molar-refractivity contribution in [3.8, 4) is 0 Å². The van der Waals surface area contributed by atoms with Gasteiger partial charge in [-0.3, -0.25) is 0 Å². The van der Waals surface area contributed by atoms with E-state index in [-0.39, 0.29) is 0 Å². The number of hydrogen-bond acceptors (Lipinski definition) is 6. The molecule has 1 saturated heterocycles. The molecule has 4 aromatic rings. The van der Waals surface area contributed by atoms with Crippen LogP contribution in [-0.2, 0) is 13.1 Å². The Hall–Kier alpha value is -2.81. The van der Waals surface area contributed by atoms with Crippen LogP contribution in [0.15, 0.2) is 42.6 Å². The fourth-order valence-corrected chi connectivity index (χ4v) is 4.24. The molecule has 0 saturated carbocycles. The maximum absolute atomic E-state index is 4.84. The molecule has 1 fully saturated rings. The Bertz CT molecular complexity index is 1110. The van der Waals surface area contributed by atoms with Crippen LogP contribution in [0.1, 0.15) is 18.1 Å². The minimum Gasteiger partial charge on any atom is -0.340 e. The highest BCUT2D eigenvalue weighted by Gasteiger charge is 2.15. The number of nitrogens with one attached hydrogen (secondary N) is 2. The highest BCUT2D eigenvalue weighted by Crippen LogP contribution is 2.17. The lowest BCUT2D eigenvalue weighted by Gasteiger charge is -2.32. The molecule has 1 aliphatic rings. The van der Waals surface area contributed by atoms with Crippen LogP contribution >= 0.6 is 0 Å². The molecule has 0 unspecified atom stereocenters. The SMILES string of the molecule is CN1CCN(CCCNCc2nc3cccnc3n2Cc2nc3ccccc3[nH]2)CC1. The Morgan fingerprint density at radius 1 is 1.00 bits per heavy atom. The number of imidazole rings is 2. The van der Waals surface area contributed by atoms with Gasteiger partial charge in [0, 0.05) is 32.4 Å². The normalized spacial score (nSPS) is 15.9. The number of fused-ring (bicyclic) bond motifs is 2. The second-order valence-corrected chi connectivity index (χ2v) is 8.34. The fourth-order valence-electron chi connectivity index (χ4n) is 4.24. The number of H-pyrrole nitrogens is 1. The van der Waals surface area contributed by atoms with Crippen molar-refractivity contribution in [2.24, 2.45) is 0 Å². The first-order valence-electron chi connectivity index (χ1n) is 11.1. The monoisotopic (exact) mass is 418 g/mol. The lowest BCUT2D eigenvalue weighted by Crippen LogP contribution is -2.45. The van der Waals surface area contributed by atoms with Gasteiger partial charge in [-0.25, -0.2) is 15.0 Å². The van der Waals surface area contributed by atoms with E-state index in [1.165, 1.54) is 26.2 Å². The highest BCUT2D eigenvalue weighted by atomic mass is 15.2. The molecule has 31 heavy (non-hydrogen) atoms. The Morgan fingerprint density at radius 2 is 1.84 bits per heavy atom. The number of para-hydroxylation sites is 2. The number of likely N-dealkylation sites (N-methyl/N-ethyl adjacent to an activating group) is 1. The van der Waals surface area contributed by atoms with Gasteiger partial charge in [-0.15, -0.1) is 0 Å². The molecule has 0 bridgehead atoms. The van der Waals surface area contributed by atoms with Crippen LogP contribution in [0.4, 0.5) is 0 Å². The number of nitrogens with zero attached hydrogens (tertiary/aromatic N) is 6. The van der Waals surface area contributed by atoms with Gasteiger partial charge in [0.1, 0.15) is 17.2 Å². The topological polar surface area (TPSA) is 77.9 Å². The third-order valence-corrected chi connectivity index (χ3v) is 6.04. The summed E-state index contributed by atoms with van der Waals surface area (Å²) in [5.74, 6) is 1.91. The average molecular weight is 419 g/mol. The van der Waals surface area contributed by atoms with Gasteiger partial charge >= 0.3 is 0 Å². The van der Waals surface area contributed by atoms with E-state index in [0.29, 0.717) is 6.54 Å². The molecular formula is C23H30N8. The largest absolute Gasteiger partial charge is 0.340 e. The van der Waals surface area contributed by atoms with E-state index in [1.807, 2.05) is 36.5 Å². The number of aromatic nitrogens is 5. The molecule has 0 amide bonds. The van der Waals surface area contributed by atoms with E-state index < -0.39 is 0 Å². The quantitative estimate of drug-likeness (QED) is 0.427. The van der Waals surface area contributed by atoms with Crippen LogP contribution in [0.2, 0.25) is 0 Å². The molecule has 8 nitrogen and oxygen atoms in total. The highest BCUT2D eigenvalue weighted by molar-refractivity contribution is 5.75. The van der Waals surface area contributed by atoms with Gasteiger partial charge in [0.15, 0.2) is 5.65 Å². The van der Waals surface area contributed by atoms with Crippen molar-refractivity contribution in [1.29, 1.82) is 0 Å². The maximum atomic E-state index is 4.84. The van der Waals surface area contributed by atoms with E-state index in [0.717, 1.165) is 59.9 Å². The first kappa shape index (κ1) is 20.1. The van der Waals surface area contributed by atoms with Crippen LogP contribution in [-0.4, -0.2) is 80.6 Å². The number of pyridine rings is 1. The Morgan fingerprint density at radius 3 is 2.71 bits per heavy atom. The van der Waals surface area contributed by atoms with Crippen molar-refractivity contribution in [1.82, 2.24) is 39.6 Å². The maximum Gasteiger partial charge on any atom is 0.160 e. The van der Waals surface area contributed by atoms with Gasteiger partial charge in [0.05, 0.1) is 24.1 Å². The lowest BCUT2D eigenvalue weighted by molar-refractivity contribution is 0.152. The van der Waals surface area contributed by atoms with Crippen molar-refractivity contribution < 1.29 is 0 Å². The van der Waals surface area contributed by atoms with E-state index in [1.54, 1.807) is 0 Å². The summed E-state index contributed by atoms with van der Waals surface area (Å²) in [5.41, 5.74) is 3.86. The van der Waals surface area contributed by atoms with E-state index in [9.17, 15) is 0 Å². The summed E-state index contributed by atoms with van der Waals surface area (Å²) in [7, 11) is 2.20. The Kier molecular flexibility index (Phi) is 5.93. The molecule has 4 heterocycles. The predicted octanol–water partition coefficient (Wildman–Crippen LogP) is 2.08. The van der Waals surface area contributed by atoms with E-state index in [2.05, 4.69) is 42.8 Å². The number of hydrogen-bond donors (Lipinski definition) is 2. The minimum atomic E-state index is 0.625. The number of piperazine rings is 1. The average Bonchev–Trinajstić information content (AvgIpc) is 3.36. The van der Waals surface area contributed by atoms with Gasteiger partial charge in [-0.1, -0.05) is 12.1 Å². The standard InChI is InChI=1S/C23H30N8/c1-29-12-14-30(15-13-29)11-5-9-24-16-22-28-20-8-4-10-25-23(20)31(22)17-21-26-18-6-2-3-7-19(18)27-21/h2-4,6-8,10,24H,5,9,11-17H2,1H3,(H,26,27). The molecule has 8 heteroatoms. The molecule has 0 spiro atoms. The minimum absolute atomic E-state index is 0.625. The third-order valence-electron chi connectivity index (χ3n) is 6.04. The Labute approximate surface area is 182 Å². The van der Waals surface area contributed by atoms with Crippen molar-refractivity contribution in [2.75, 3.05) is 46.3 Å². The molecule has 0 radical (unpaired) electrons. The van der Waals surface area contributed by atoms with Gasteiger partial charge in [0.25, 0.3) is 0 Å². The summed E-state index contributed by atoms with van der Waals surface area (Å²) in [6.07, 6.45) is 2.97. The summed E-state index contributed by atoms with van der Waals surface area (Å²) in [4.78, 5) is 22.5. The summed E-state index contributed by atoms with van der Waals surface area (Å²) in [5, 5.41) is 3.58. The van der Waals surface area contributed by atoms with Crippen LogP contribution in [0.3, 0.4) is 0 Å². The van der Waals surface area contributed by atoms with E-state index >= 15 is 0 Å².